The van der Waals surface area contributed by atoms with E-state index in [1.165, 1.54) is 77.0 Å². The molecule has 0 aliphatic carbocycles. The van der Waals surface area contributed by atoms with Crippen LogP contribution in [0.1, 0.15) is 96.3 Å². The molecule has 0 rings (SSSR count). The van der Waals surface area contributed by atoms with Crippen molar-refractivity contribution in [2.75, 3.05) is 5.88 Å². The first-order valence-corrected chi connectivity index (χ1v) is 10.1. The predicted octanol–water partition coefficient (Wildman–Crippen LogP) is 5.85. The van der Waals surface area contributed by atoms with Gasteiger partial charge in [-0.1, -0.05) is 83.5 Å². The maximum atomic E-state index is 10.5. The van der Waals surface area contributed by atoms with Gasteiger partial charge in [-0.25, -0.2) is 0 Å². The van der Waals surface area contributed by atoms with Crippen LogP contribution in [0.15, 0.2) is 0 Å². The van der Waals surface area contributed by atoms with Crippen molar-refractivity contribution in [1.82, 2.24) is 0 Å². The fraction of sp³-hybridized carbons (Fsp3) is 0.944. The average Bonchev–Trinajstić information content (AvgIpc) is 2.50. The number of carboxylic acids is 1. The molecule has 0 fully saturated rings. The van der Waals surface area contributed by atoms with Gasteiger partial charge in [-0.3, -0.25) is 4.79 Å². The van der Waals surface area contributed by atoms with Crippen LogP contribution in [0, 0.1) is 0 Å². The summed E-state index contributed by atoms with van der Waals surface area (Å²) in [6.07, 6.45) is 18.5. The van der Waals surface area contributed by atoms with Crippen molar-refractivity contribution in [3.63, 3.8) is 0 Å². The van der Waals surface area contributed by atoms with E-state index in [2.05, 4.69) is 0 Å². The zero-order chi connectivity index (χ0) is 16.5. The molecule has 0 amide bonds. The van der Waals surface area contributed by atoms with Gasteiger partial charge in [0.15, 0.2) is 0 Å². The van der Waals surface area contributed by atoms with Crippen molar-refractivity contribution in [1.29, 1.82) is 0 Å². The molecule has 0 spiro atoms. The van der Waals surface area contributed by atoms with Gasteiger partial charge >= 0.3 is 43.7 Å². The van der Waals surface area contributed by atoms with E-state index in [0.717, 1.165) is 18.7 Å². The molecule has 5 heteroatoms. The van der Waals surface area contributed by atoms with Gasteiger partial charge in [0.1, 0.15) is 5.38 Å². The van der Waals surface area contributed by atoms with Crippen LogP contribution < -0.4 is 0 Å². The number of carboxylic acid groups (broad SMARTS) is 1. The molecule has 136 valence electrons. The third-order valence-corrected chi connectivity index (χ3v) is 4.78. The van der Waals surface area contributed by atoms with Gasteiger partial charge in [0.05, 0.1) is 0 Å². The van der Waals surface area contributed by atoms with Gasteiger partial charge in [0.2, 0.25) is 0 Å². The molecule has 0 aromatic carbocycles. The molecular weight excluding hydrogens is 359 g/mol. The molecule has 0 saturated carbocycles. The summed E-state index contributed by atoms with van der Waals surface area (Å²) in [5.74, 6) is -0.0767. The Balaban J connectivity index is 0. The van der Waals surface area contributed by atoms with Gasteiger partial charge in [0.25, 0.3) is 0 Å². The van der Waals surface area contributed by atoms with Crippen LogP contribution >= 0.6 is 23.2 Å². The molecule has 0 aromatic heterocycles. The van der Waals surface area contributed by atoms with Crippen LogP contribution in [0.25, 0.3) is 0 Å². The fourth-order valence-electron chi connectivity index (χ4n) is 2.66. The zero-order valence-corrected chi connectivity index (χ0v) is 15.5. The number of unbranched alkanes of at least 4 members (excludes halogenated alkanes) is 13. The molecule has 0 saturated heterocycles. The second-order valence-electron chi connectivity index (χ2n) is 6.23. The number of aliphatic carboxylic acids is 1. The molecule has 0 radical (unpaired) electrons. The first-order valence-electron chi connectivity index (χ1n) is 9.11. The van der Waals surface area contributed by atoms with Crippen molar-refractivity contribution in [3.05, 3.63) is 0 Å². The van der Waals surface area contributed by atoms with E-state index in [1.807, 2.05) is 0 Å². The minimum atomic E-state index is -0.888. The summed E-state index contributed by atoms with van der Waals surface area (Å²) in [5.41, 5.74) is 0. The van der Waals surface area contributed by atoms with Gasteiger partial charge in [0, 0.05) is 5.88 Å². The molecule has 1 unspecified atom stereocenters. The Morgan fingerprint density at radius 1 is 0.696 bits per heavy atom. The van der Waals surface area contributed by atoms with Crippen molar-refractivity contribution < 1.29 is 9.90 Å². The van der Waals surface area contributed by atoms with Gasteiger partial charge in [-0.05, 0) is 12.8 Å². The van der Waals surface area contributed by atoms with E-state index in [1.54, 1.807) is 0 Å². The third-order valence-electron chi connectivity index (χ3n) is 4.11. The Bertz CT molecular complexity index is 253. The van der Waals surface area contributed by atoms with Crippen LogP contribution in [-0.4, -0.2) is 60.1 Å². The van der Waals surface area contributed by atoms with E-state index in [9.17, 15) is 4.79 Å². The summed E-state index contributed by atoms with van der Waals surface area (Å²) < 4.78 is 0. The van der Waals surface area contributed by atoms with Gasteiger partial charge < -0.3 is 5.11 Å². The van der Waals surface area contributed by atoms with E-state index < -0.39 is 11.3 Å². The van der Waals surface area contributed by atoms with Crippen LogP contribution in [0.5, 0.6) is 0 Å². The SMILES string of the molecule is O=C(O)C(Cl)CCCCCCCCCCCCCCCCCl.[CaH2]. The van der Waals surface area contributed by atoms with Crippen molar-refractivity contribution in [3.8, 4) is 0 Å². The molecule has 23 heavy (non-hydrogen) atoms. The summed E-state index contributed by atoms with van der Waals surface area (Å²) >= 11 is 11.3. The topological polar surface area (TPSA) is 37.3 Å². The molecule has 1 atom stereocenters. The summed E-state index contributed by atoms with van der Waals surface area (Å²) in [7, 11) is 0. The second kappa shape index (κ2) is 21.4. The Labute approximate surface area is 183 Å². The molecule has 0 aliphatic rings. The monoisotopic (exact) mass is 394 g/mol. The van der Waals surface area contributed by atoms with Crippen molar-refractivity contribution in [2.24, 2.45) is 0 Å². The Morgan fingerprint density at radius 2 is 1.00 bits per heavy atom. The number of hydrogen-bond donors (Lipinski definition) is 1. The van der Waals surface area contributed by atoms with Gasteiger partial charge in [-0.15, -0.1) is 23.2 Å². The number of halogens is 2. The first kappa shape index (κ1) is 26.5. The molecular formula is C18H36CaCl2O2. The standard InChI is InChI=1S/C18H34Cl2O2.Ca.2H/c19-16-14-12-10-8-6-4-2-1-3-5-7-9-11-13-15-17(20)18(21)22;;;/h17H,1-16H2,(H,21,22);;;. The summed E-state index contributed by atoms with van der Waals surface area (Å²) in [4.78, 5) is 10.5. The zero-order valence-electron chi connectivity index (χ0n) is 14.0. The van der Waals surface area contributed by atoms with E-state index in [-0.39, 0.29) is 37.7 Å². The molecule has 0 bridgehead atoms. The fourth-order valence-corrected chi connectivity index (χ4v) is 3.01. The Kier molecular flexibility index (Phi) is 24.6. The molecule has 2 nitrogen and oxygen atoms in total. The number of alkyl halides is 2. The second-order valence-corrected chi connectivity index (χ2v) is 7.14. The number of rotatable bonds is 17. The van der Waals surface area contributed by atoms with Crippen molar-refractivity contribution >= 4 is 66.9 Å². The normalized spacial score (nSPS) is 11.9. The molecule has 1 N–H and O–H groups in total. The van der Waals surface area contributed by atoms with Crippen LogP contribution in [-0.2, 0) is 4.79 Å². The van der Waals surface area contributed by atoms with Gasteiger partial charge in [-0.2, -0.15) is 0 Å². The van der Waals surface area contributed by atoms with Crippen LogP contribution in [0.2, 0.25) is 0 Å². The first-order chi connectivity index (χ1) is 10.7. The molecule has 0 heterocycles. The average molecular weight is 395 g/mol. The summed E-state index contributed by atoms with van der Waals surface area (Å²) in [6, 6.07) is 0. The Hall–Kier alpha value is 1.31. The molecule has 0 aromatic rings. The maximum absolute atomic E-state index is 10.5. The quantitative estimate of drug-likeness (QED) is 0.190. The third kappa shape index (κ3) is 21.3. The van der Waals surface area contributed by atoms with E-state index >= 15 is 0 Å². The van der Waals surface area contributed by atoms with E-state index in [4.69, 9.17) is 28.3 Å². The predicted molar refractivity (Wildman–Crippen MR) is 106 cm³/mol. The number of carbonyl (C=O) groups is 1. The number of hydrogen-bond acceptors (Lipinski definition) is 1. The Morgan fingerprint density at radius 3 is 1.30 bits per heavy atom. The summed E-state index contributed by atoms with van der Waals surface area (Å²) in [6.45, 7) is 0. The summed E-state index contributed by atoms with van der Waals surface area (Å²) in [5, 5.41) is 7.96. The van der Waals surface area contributed by atoms with E-state index in [0.29, 0.717) is 6.42 Å². The van der Waals surface area contributed by atoms with Crippen LogP contribution in [0.4, 0.5) is 0 Å². The molecule has 0 aliphatic heterocycles. The minimum absolute atomic E-state index is 0. The van der Waals surface area contributed by atoms with Crippen LogP contribution in [0.3, 0.4) is 0 Å². The van der Waals surface area contributed by atoms with Crippen molar-refractivity contribution in [2.45, 2.75) is 102 Å².